The van der Waals surface area contributed by atoms with Crippen LogP contribution in [0.4, 0.5) is 4.79 Å². The third-order valence-corrected chi connectivity index (χ3v) is 2.68. The molecule has 3 nitrogen and oxygen atoms in total. The van der Waals surface area contributed by atoms with Crippen LogP contribution in [-0.2, 0) is 4.74 Å². The van der Waals surface area contributed by atoms with Crippen molar-refractivity contribution in [1.82, 2.24) is 5.32 Å². The first-order valence-corrected chi connectivity index (χ1v) is 4.74. The van der Waals surface area contributed by atoms with Crippen LogP contribution >= 0.6 is 11.6 Å². The summed E-state index contributed by atoms with van der Waals surface area (Å²) in [7, 11) is 0. The number of amides is 1. The Morgan fingerprint density at radius 2 is 2.36 bits per heavy atom. The van der Waals surface area contributed by atoms with Crippen LogP contribution < -0.4 is 5.32 Å². The van der Waals surface area contributed by atoms with E-state index in [1.807, 2.05) is 25.1 Å². The summed E-state index contributed by atoms with van der Waals surface area (Å²) in [5, 5.41) is 3.45. The van der Waals surface area contributed by atoms with Gasteiger partial charge in [-0.1, -0.05) is 23.7 Å². The number of aryl methyl sites for hydroxylation is 1. The molecular weight excluding hydrogens is 202 g/mol. The number of carbonyl (C=O) groups excluding carboxylic acids is 1. The van der Waals surface area contributed by atoms with Gasteiger partial charge in [0.25, 0.3) is 0 Å². The van der Waals surface area contributed by atoms with Crippen LogP contribution in [0.2, 0.25) is 5.02 Å². The van der Waals surface area contributed by atoms with Crippen LogP contribution in [0, 0.1) is 6.92 Å². The van der Waals surface area contributed by atoms with Gasteiger partial charge in [-0.2, -0.15) is 0 Å². The molecule has 1 fully saturated rings. The number of hydrogen-bond donors (Lipinski definition) is 1. The lowest BCUT2D eigenvalue weighted by molar-refractivity contribution is 0.177. The Morgan fingerprint density at radius 1 is 1.57 bits per heavy atom. The Hall–Kier alpha value is -1.22. The molecule has 0 saturated carbocycles. The monoisotopic (exact) mass is 211 g/mol. The van der Waals surface area contributed by atoms with Crippen molar-refractivity contribution in [2.75, 3.05) is 6.61 Å². The number of cyclic esters (lactones) is 1. The first-order chi connectivity index (χ1) is 6.66. The van der Waals surface area contributed by atoms with Gasteiger partial charge in [-0.3, -0.25) is 0 Å². The normalized spacial score (nSPS) is 20.4. The maximum Gasteiger partial charge on any atom is 0.407 e. The molecule has 0 aromatic heterocycles. The number of benzene rings is 1. The van der Waals surface area contributed by atoms with Crippen molar-refractivity contribution in [1.29, 1.82) is 0 Å². The number of rotatable bonds is 1. The molecule has 1 aliphatic rings. The van der Waals surface area contributed by atoms with Crippen molar-refractivity contribution in [3.05, 3.63) is 34.3 Å². The summed E-state index contributed by atoms with van der Waals surface area (Å²) in [4.78, 5) is 10.8. The molecule has 1 atom stereocenters. The highest BCUT2D eigenvalue weighted by molar-refractivity contribution is 6.31. The van der Waals surface area contributed by atoms with Crippen molar-refractivity contribution in [3.63, 3.8) is 0 Å². The molecule has 1 aliphatic heterocycles. The van der Waals surface area contributed by atoms with Gasteiger partial charge in [0.2, 0.25) is 0 Å². The molecule has 1 saturated heterocycles. The first-order valence-electron chi connectivity index (χ1n) is 4.36. The first kappa shape index (κ1) is 9.34. The van der Waals surface area contributed by atoms with Crippen LogP contribution in [0.1, 0.15) is 17.2 Å². The number of alkyl carbamates (subject to hydrolysis) is 1. The third-order valence-electron chi connectivity index (χ3n) is 2.26. The molecule has 0 aliphatic carbocycles. The van der Waals surface area contributed by atoms with E-state index in [-0.39, 0.29) is 12.1 Å². The maximum atomic E-state index is 10.8. The van der Waals surface area contributed by atoms with E-state index < -0.39 is 0 Å². The summed E-state index contributed by atoms with van der Waals surface area (Å²) in [5.41, 5.74) is 2.03. The van der Waals surface area contributed by atoms with Gasteiger partial charge in [-0.15, -0.1) is 0 Å². The van der Waals surface area contributed by atoms with E-state index in [0.717, 1.165) is 16.1 Å². The van der Waals surface area contributed by atoms with E-state index in [0.29, 0.717) is 6.61 Å². The predicted molar refractivity (Wildman–Crippen MR) is 53.4 cm³/mol. The number of hydrogen-bond acceptors (Lipinski definition) is 2. The highest BCUT2D eigenvalue weighted by Gasteiger charge is 2.23. The number of halogens is 1. The quantitative estimate of drug-likeness (QED) is 0.775. The van der Waals surface area contributed by atoms with E-state index >= 15 is 0 Å². The molecule has 1 aromatic rings. The van der Waals surface area contributed by atoms with E-state index in [2.05, 4.69) is 5.32 Å². The Bertz CT molecular complexity index is 378. The molecule has 14 heavy (non-hydrogen) atoms. The van der Waals surface area contributed by atoms with Crippen molar-refractivity contribution < 1.29 is 9.53 Å². The van der Waals surface area contributed by atoms with Gasteiger partial charge in [0.1, 0.15) is 6.61 Å². The fraction of sp³-hybridized carbons (Fsp3) is 0.300. The van der Waals surface area contributed by atoms with Crippen molar-refractivity contribution in [3.8, 4) is 0 Å². The van der Waals surface area contributed by atoms with E-state index in [9.17, 15) is 4.79 Å². The van der Waals surface area contributed by atoms with Crippen molar-refractivity contribution >= 4 is 17.7 Å². The Labute approximate surface area is 87.0 Å². The van der Waals surface area contributed by atoms with Gasteiger partial charge in [0.15, 0.2) is 0 Å². The molecule has 1 aromatic carbocycles. The summed E-state index contributed by atoms with van der Waals surface area (Å²) in [6.45, 7) is 2.32. The van der Waals surface area contributed by atoms with E-state index in [1.165, 1.54) is 0 Å². The smallest absolute Gasteiger partial charge is 0.407 e. The molecule has 2 rings (SSSR count). The molecule has 1 amide bonds. The minimum atomic E-state index is -0.359. The average Bonchev–Trinajstić information content (AvgIpc) is 2.57. The van der Waals surface area contributed by atoms with Crippen molar-refractivity contribution in [2.45, 2.75) is 13.0 Å². The molecule has 0 radical (unpaired) electrons. The second-order valence-electron chi connectivity index (χ2n) is 3.30. The van der Waals surface area contributed by atoms with Crippen LogP contribution in [0.15, 0.2) is 18.2 Å². The predicted octanol–water partition coefficient (Wildman–Crippen LogP) is 2.43. The lowest BCUT2D eigenvalue weighted by Gasteiger charge is -2.08. The summed E-state index contributed by atoms with van der Waals surface area (Å²) < 4.78 is 4.81. The van der Waals surface area contributed by atoms with Gasteiger partial charge in [0, 0.05) is 5.02 Å². The second-order valence-corrected chi connectivity index (χ2v) is 3.71. The van der Waals surface area contributed by atoms with Gasteiger partial charge < -0.3 is 10.1 Å². The molecule has 1 N–H and O–H groups in total. The molecule has 4 heteroatoms. The average molecular weight is 212 g/mol. The Morgan fingerprint density at radius 3 is 2.93 bits per heavy atom. The summed E-state index contributed by atoms with van der Waals surface area (Å²) >= 11 is 5.90. The van der Waals surface area contributed by atoms with Gasteiger partial charge >= 0.3 is 6.09 Å². The minimum absolute atomic E-state index is 0.0431. The second kappa shape index (κ2) is 3.50. The molecule has 0 spiro atoms. The molecule has 1 heterocycles. The van der Waals surface area contributed by atoms with Gasteiger partial charge in [-0.25, -0.2) is 4.79 Å². The van der Waals surface area contributed by atoms with Crippen LogP contribution in [0.25, 0.3) is 0 Å². The number of carbonyl (C=O) groups is 1. The van der Waals surface area contributed by atoms with Crippen LogP contribution in [0.5, 0.6) is 0 Å². The maximum absolute atomic E-state index is 10.8. The van der Waals surface area contributed by atoms with Crippen LogP contribution in [-0.4, -0.2) is 12.7 Å². The Balaban J connectivity index is 2.24. The minimum Gasteiger partial charge on any atom is -0.447 e. The largest absolute Gasteiger partial charge is 0.447 e. The van der Waals surface area contributed by atoms with Crippen molar-refractivity contribution in [2.24, 2.45) is 0 Å². The molecule has 0 unspecified atom stereocenters. The third kappa shape index (κ3) is 1.68. The fourth-order valence-electron chi connectivity index (χ4n) is 1.45. The Kier molecular flexibility index (Phi) is 2.33. The SMILES string of the molecule is Cc1cc([C@H]2COC(=O)N2)ccc1Cl. The summed E-state index contributed by atoms with van der Waals surface area (Å²) in [6.07, 6.45) is -0.359. The number of ether oxygens (including phenoxy) is 1. The number of nitrogens with one attached hydrogen (secondary N) is 1. The fourth-order valence-corrected chi connectivity index (χ4v) is 1.57. The standard InChI is InChI=1S/C10H10ClNO2/c1-6-4-7(2-3-8(6)11)9-5-14-10(13)12-9/h2-4,9H,5H2,1H3,(H,12,13)/t9-/m1/s1. The summed E-state index contributed by atoms with van der Waals surface area (Å²) in [6, 6.07) is 5.65. The zero-order chi connectivity index (χ0) is 10.1. The van der Waals surface area contributed by atoms with E-state index in [1.54, 1.807) is 0 Å². The highest BCUT2D eigenvalue weighted by atomic mass is 35.5. The zero-order valence-corrected chi connectivity index (χ0v) is 8.47. The van der Waals surface area contributed by atoms with Gasteiger partial charge in [-0.05, 0) is 24.1 Å². The molecular formula is C10H10ClNO2. The molecule has 74 valence electrons. The zero-order valence-electron chi connectivity index (χ0n) is 7.71. The topological polar surface area (TPSA) is 38.3 Å². The van der Waals surface area contributed by atoms with E-state index in [4.69, 9.17) is 16.3 Å². The van der Waals surface area contributed by atoms with Gasteiger partial charge in [0.05, 0.1) is 6.04 Å². The lowest BCUT2D eigenvalue weighted by atomic mass is 10.1. The lowest BCUT2D eigenvalue weighted by Crippen LogP contribution is -2.18. The summed E-state index contributed by atoms with van der Waals surface area (Å²) in [5.74, 6) is 0. The molecule has 0 bridgehead atoms. The van der Waals surface area contributed by atoms with Crippen LogP contribution in [0.3, 0.4) is 0 Å². The highest BCUT2D eigenvalue weighted by Crippen LogP contribution is 2.23.